The van der Waals surface area contributed by atoms with Crippen molar-refractivity contribution in [1.29, 1.82) is 0 Å². The fourth-order valence-electron chi connectivity index (χ4n) is 3.16. The van der Waals surface area contributed by atoms with Crippen molar-refractivity contribution in [2.45, 2.75) is 6.42 Å². The largest absolute Gasteiger partial charge is 0.396 e. The molecule has 1 N–H and O–H groups in total. The molecule has 4 rings (SSSR count). The minimum atomic E-state index is -0.0319. The topological polar surface area (TPSA) is 49.7 Å². The Balaban J connectivity index is 1.92. The van der Waals surface area contributed by atoms with E-state index in [1.54, 1.807) is 0 Å². The van der Waals surface area contributed by atoms with Crippen molar-refractivity contribution >= 4 is 28.0 Å². The van der Waals surface area contributed by atoms with E-state index in [0.29, 0.717) is 12.1 Å². The summed E-state index contributed by atoms with van der Waals surface area (Å²) in [6, 6.07) is 19.3. The lowest BCUT2D eigenvalue weighted by Crippen LogP contribution is -2.08. The third-order valence-electron chi connectivity index (χ3n) is 4.22. The molecule has 0 saturated carbocycles. The number of rotatable bonds is 3. The lowest BCUT2D eigenvalue weighted by Gasteiger charge is -2.05. The molecule has 1 aliphatic rings. The van der Waals surface area contributed by atoms with Gasteiger partial charge in [-0.05, 0) is 23.4 Å². The Kier molecular flexibility index (Phi) is 3.28. The summed E-state index contributed by atoms with van der Waals surface area (Å²) in [5.41, 5.74) is 3.79. The summed E-state index contributed by atoms with van der Waals surface area (Å²) < 4.78 is 0. The van der Waals surface area contributed by atoms with Gasteiger partial charge in [0.15, 0.2) is 0 Å². The molecule has 0 amide bonds. The highest BCUT2D eigenvalue weighted by Gasteiger charge is 2.28. The van der Waals surface area contributed by atoms with Gasteiger partial charge in [0.2, 0.25) is 5.78 Å². The number of aliphatic hydroxyl groups excluding tert-OH is 1. The van der Waals surface area contributed by atoms with E-state index in [0.717, 1.165) is 33.2 Å². The molecule has 112 valence electrons. The third kappa shape index (κ3) is 2.17. The Hall–Kier alpha value is -2.78. The van der Waals surface area contributed by atoms with Crippen molar-refractivity contribution in [3.05, 3.63) is 77.4 Å². The first-order chi connectivity index (χ1) is 11.3. The van der Waals surface area contributed by atoms with Crippen molar-refractivity contribution in [2.75, 3.05) is 6.61 Å². The molecule has 0 atom stereocenters. The van der Waals surface area contributed by atoms with Crippen LogP contribution >= 0.6 is 0 Å². The van der Waals surface area contributed by atoms with E-state index in [1.807, 2.05) is 60.7 Å². The Morgan fingerprint density at radius 3 is 2.39 bits per heavy atom. The molecule has 3 heteroatoms. The molecule has 3 nitrogen and oxygen atoms in total. The minimum absolute atomic E-state index is 0.0319. The molecule has 0 aromatic heterocycles. The van der Waals surface area contributed by atoms with Crippen molar-refractivity contribution in [2.24, 2.45) is 4.99 Å². The molecule has 3 aromatic carbocycles. The van der Waals surface area contributed by atoms with Gasteiger partial charge in [0, 0.05) is 23.1 Å². The van der Waals surface area contributed by atoms with Gasteiger partial charge in [0.1, 0.15) is 5.71 Å². The molecule has 0 saturated heterocycles. The molecule has 0 bridgehead atoms. The zero-order chi connectivity index (χ0) is 15.8. The van der Waals surface area contributed by atoms with E-state index in [-0.39, 0.29) is 12.4 Å². The number of carbonyl (C=O) groups is 1. The quantitative estimate of drug-likeness (QED) is 0.802. The van der Waals surface area contributed by atoms with Crippen LogP contribution in [-0.4, -0.2) is 23.2 Å². The smallest absolute Gasteiger partial charge is 0.212 e. The maximum atomic E-state index is 12.8. The highest BCUT2D eigenvalue weighted by molar-refractivity contribution is 6.59. The number of para-hydroxylation sites is 1. The number of hydrogen-bond acceptors (Lipinski definition) is 3. The van der Waals surface area contributed by atoms with Gasteiger partial charge in [-0.25, -0.2) is 4.99 Å². The Morgan fingerprint density at radius 1 is 0.870 bits per heavy atom. The number of aliphatic hydroxyl groups is 1. The summed E-state index contributed by atoms with van der Waals surface area (Å²) >= 11 is 0. The average molecular weight is 301 g/mol. The second kappa shape index (κ2) is 5.45. The number of aliphatic imine (C=N–C) groups is 1. The molecule has 0 fully saturated rings. The predicted molar refractivity (Wildman–Crippen MR) is 91.7 cm³/mol. The van der Waals surface area contributed by atoms with Crippen LogP contribution in [0, 0.1) is 0 Å². The van der Waals surface area contributed by atoms with E-state index in [4.69, 9.17) is 0 Å². The maximum Gasteiger partial charge on any atom is 0.212 e. The molecule has 0 aliphatic heterocycles. The SMILES string of the molecule is O=C1/C(=N\c2ccccc2CCO)c2cccc3cccc1c23. The van der Waals surface area contributed by atoms with Gasteiger partial charge < -0.3 is 5.11 Å². The summed E-state index contributed by atoms with van der Waals surface area (Å²) in [4.78, 5) is 17.4. The summed E-state index contributed by atoms with van der Waals surface area (Å²) in [6.07, 6.45) is 0.526. The van der Waals surface area contributed by atoms with Gasteiger partial charge in [-0.3, -0.25) is 4.79 Å². The van der Waals surface area contributed by atoms with Crippen molar-refractivity contribution in [3.63, 3.8) is 0 Å². The number of benzene rings is 3. The molecular weight excluding hydrogens is 286 g/mol. The molecule has 0 heterocycles. The molecule has 0 radical (unpaired) electrons. The number of ketones is 1. The van der Waals surface area contributed by atoms with Gasteiger partial charge >= 0.3 is 0 Å². The van der Waals surface area contributed by atoms with Crippen LogP contribution in [0.5, 0.6) is 0 Å². The van der Waals surface area contributed by atoms with E-state index in [1.165, 1.54) is 0 Å². The fraction of sp³-hybridized carbons (Fsp3) is 0.100. The Bertz CT molecular complexity index is 952. The first-order valence-corrected chi connectivity index (χ1v) is 7.64. The van der Waals surface area contributed by atoms with E-state index < -0.39 is 0 Å². The summed E-state index contributed by atoms with van der Waals surface area (Å²) in [6.45, 7) is 0.0611. The van der Waals surface area contributed by atoms with Gasteiger partial charge in [-0.1, -0.05) is 54.6 Å². The number of nitrogens with zero attached hydrogens (tertiary/aromatic N) is 1. The summed E-state index contributed by atoms with van der Waals surface area (Å²) in [7, 11) is 0. The first kappa shape index (κ1) is 13.9. The third-order valence-corrected chi connectivity index (χ3v) is 4.22. The standard InChI is InChI=1S/C20H15NO2/c22-12-11-13-5-1-2-10-17(13)21-19-15-8-3-6-14-7-4-9-16(18(14)15)20(19)23/h1-10,22H,11-12H2/b21-19-. The minimum Gasteiger partial charge on any atom is -0.396 e. The molecule has 3 aromatic rings. The Labute approximate surface area is 133 Å². The van der Waals surface area contributed by atoms with Crippen LogP contribution in [0.3, 0.4) is 0 Å². The lowest BCUT2D eigenvalue weighted by atomic mass is 10.1. The molecule has 1 aliphatic carbocycles. The molecule has 0 spiro atoms. The molecule has 23 heavy (non-hydrogen) atoms. The number of Topliss-reactive ketones (excluding diaryl/α,β-unsaturated/α-hetero) is 1. The van der Waals surface area contributed by atoms with Crippen LogP contribution in [-0.2, 0) is 6.42 Å². The van der Waals surface area contributed by atoms with Gasteiger partial charge in [-0.15, -0.1) is 0 Å². The van der Waals surface area contributed by atoms with Crippen molar-refractivity contribution in [3.8, 4) is 0 Å². The fourth-order valence-corrected chi connectivity index (χ4v) is 3.16. The van der Waals surface area contributed by atoms with Crippen molar-refractivity contribution in [1.82, 2.24) is 0 Å². The van der Waals surface area contributed by atoms with Crippen LogP contribution in [0.1, 0.15) is 21.5 Å². The van der Waals surface area contributed by atoms with Gasteiger partial charge in [0.25, 0.3) is 0 Å². The summed E-state index contributed by atoms with van der Waals surface area (Å²) in [5, 5.41) is 11.2. The van der Waals surface area contributed by atoms with Crippen LogP contribution in [0.4, 0.5) is 5.69 Å². The van der Waals surface area contributed by atoms with Gasteiger partial charge in [0.05, 0.1) is 5.69 Å². The highest BCUT2D eigenvalue weighted by Crippen LogP contribution is 2.32. The van der Waals surface area contributed by atoms with Crippen molar-refractivity contribution < 1.29 is 9.90 Å². The van der Waals surface area contributed by atoms with Gasteiger partial charge in [-0.2, -0.15) is 0 Å². The van der Waals surface area contributed by atoms with Crippen LogP contribution in [0.2, 0.25) is 0 Å². The molecule has 0 unspecified atom stereocenters. The summed E-state index contributed by atoms with van der Waals surface area (Å²) in [5.74, 6) is -0.0319. The number of carbonyl (C=O) groups excluding carboxylic acids is 1. The number of hydrogen-bond donors (Lipinski definition) is 1. The first-order valence-electron chi connectivity index (χ1n) is 7.64. The van der Waals surface area contributed by atoms with E-state index >= 15 is 0 Å². The highest BCUT2D eigenvalue weighted by atomic mass is 16.3. The molecular formula is C20H15NO2. The predicted octanol–water partition coefficient (Wildman–Crippen LogP) is 3.69. The monoisotopic (exact) mass is 301 g/mol. The van der Waals surface area contributed by atoms with Crippen LogP contribution in [0.25, 0.3) is 10.8 Å². The zero-order valence-electron chi connectivity index (χ0n) is 12.5. The Morgan fingerprint density at radius 2 is 1.61 bits per heavy atom. The van der Waals surface area contributed by atoms with E-state index in [9.17, 15) is 9.90 Å². The van der Waals surface area contributed by atoms with Crippen LogP contribution in [0.15, 0.2) is 65.7 Å². The lowest BCUT2D eigenvalue weighted by molar-refractivity contribution is 0.107. The van der Waals surface area contributed by atoms with E-state index in [2.05, 4.69) is 4.99 Å². The second-order valence-electron chi connectivity index (χ2n) is 5.60. The zero-order valence-corrected chi connectivity index (χ0v) is 12.5. The average Bonchev–Trinajstić information content (AvgIpc) is 2.85. The second-order valence-corrected chi connectivity index (χ2v) is 5.60. The normalized spacial score (nSPS) is 14.8. The maximum absolute atomic E-state index is 12.8. The van der Waals surface area contributed by atoms with Crippen LogP contribution < -0.4 is 0 Å².